The van der Waals surface area contributed by atoms with E-state index in [1.165, 1.54) is 6.42 Å². The molecule has 6 fully saturated rings. The fourth-order valence-corrected chi connectivity index (χ4v) is 8.92. The number of hydrogen-bond donors (Lipinski definition) is 2. The third-order valence-electron chi connectivity index (χ3n) is 10.2. The second-order valence-corrected chi connectivity index (χ2v) is 11.0. The summed E-state index contributed by atoms with van der Waals surface area (Å²) in [4.78, 5) is 0. The van der Waals surface area contributed by atoms with E-state index in [0.717, 1.165) is 32.1 Å². The highest BCUT2D eigenvalue weighted by Gasteiger charge is 2.80. The van der Waals surface area contributed by atoms with Gasteiger partial charge in [0, 0.05) is 17.8 Å². The zero-order valence-electron chi connectivity index (χ0n) is 18.1. The van der Waals surface area contributed by atoms with Gasteiger partial charge < -0.3 is 29.3 Å². The molecule has 4 saturated carbocycles. The highest BCUT2D eigenvalue weighted by atomic mass is 16.8. The average Bonchev–Trinajstić information content (AvgIpc) is 3.00. The molecule has 2 N–H and O–H groups in total. The fourth-order valence-electron chi connectivity index (χ4n) is 8.92. The van der Waals surface area contributed by atoms with Gasteiger partial charge in [0.2, 0.25) is 11.6 Å². The molecule has 7 nitrogen and oxygen atoms in total. The third-order valence-corrected chi connectivity index (χ3v) is 10.2. The van der Waals surface area contributed by atoms with Crippen LogP contribution in [-0.4, -0.2) is 60.1 Å². The Morgan fingerprint density at radius 2 is 1.60 bits per heavy atom. The predicted molar refractivity (Wildman–Crippen MR) is 107 cm³/mol. The minimum atomic E-state index is -0.924. The van der Waals surface area contributed by atoms with Crippen molar-refractivity contribution in [2.75, 3.05) is 26.4 Å². The lowest BCUT2D eigenvalue weighted by atomic mass is 9.44. The van der Waals surface area contributed by atoms with Gasteiger partial charge >= 0.3 is 0 Å². The minimum Gasteiger partial charge on any atom is -0.411 e. The standard InChI is InChI=1S/C23H35NO6/c1-20-7-4-3-5-15(20)18(24-26)19(25)17-14(20)6-8-21(2)16(17)13-22-23(21,29-11-9-27-22)30-12-10-28-22/h14-17,19,25-26H,3-13H2,1-2H3/b24-18-/t14-,15?,16-,17+,19-,20+,21-,22?,23?/m0/s1. The number of nitrogens with zero attached hydrogens (tertiary/aromatic N) is 1. The van der Waals surface area contributed by atoms with Crippen molar-refractivity contribution in [1.29, 1.82) is 0 Å². The van der Waals surface area contributed by atoms with Crippen LogP contribution in [0, 0.1) is 34.5 Å². The SMILES string of the molecule is C[C@]12CCCCC1/C(=N/O)[C@@H](O)[C@@H]1[C@@H]2CC[C@@]2(C)[C@H]1CC13OCCOC12OCCO3. The van der Waals surface area contributed by atoms with E-state index in [0.29, 0.717) is 44.5 Å². The largest absolute Gasteiger partial charge is 0.411 e. The zero-order valence-corrected chi connectivity index (χ0v) is 18.1. The molecule has 0 radical (unpaired) electrons. The van der Waals surface area contributed by atoms with E-state index in [4.69, 9.17) is 18.9 Å². The number of ether oxygens (including phenoxy) is 4. The summed E-state index contributed by atoms with van der Waals surface area (Å²) in [5, 5.41) is 25.2. The van der Waals surface area contributed by atoms with Crippen molar-refractivity contribution >= 4 is 5.71 Å². The molecule has 0 amide bonds. The molecule has 2 heterocycles. The third kappa shape index (κ3) is 2.12. The Kier molecular flexibility index (Phi) is 4.26. The Labute approximate surface area is 178 Å². The molecule has 168 valence electrons. The Morgan fingerprint density at radius 1 is 0.900 bits per heavy atom. The molecule has 0 aromatic heterocycles. The van der Waals surface area contributed by atoms with Crippen molar-refractivity contribution in [2.24, 2.45) is 39.7 Å². The lowest BCUT2D eigenvalue weighted by molar-refractivity contribution is -0.474. The molecule has 7 heteroatoms. The average molecular weight is 422 g/mol. The maximum atomic E-state index is 11.6. The first-order valence-electron chi connectivity index (χ1n) is 11.9. The van der Waals surface area contributed by atoms with Crippen LogP contribution >= 0.6 is 0 Å². The monoisotopic (exact) mass is 421 g/mol. The highest BCUT2D eigenvalue weighted by Crippen LogP contribution is 2.72. The highest BCUT2D eigenvalue weighted by molar-refractivity contribution is 5.92. The second-order valence-electron chi connectivity index (χ2n) is 11.0. The van der Waals surface area contributed by atoms with E-state index >= 15 is 0 Å². The maximum Gasteiger partial charge on any atom is 0.229 e. The topological polar surface area (TPSA) is 89.7 Å². The molecule has 2 saturated heterocycles. The molecular formula is C23H35NO6. The number of aliphatic hydroxyl groups excluding tert-OH is 1. The van der Waals surface area contributed by atoms with Gasteiger partial charge in [0.05, 0.1) is 38.2 Å². The van der Waals surface area contributed by atoms with Gasteiger partial charge in [0.1, 0.15) is 0 Å². The molecular weight excluding hydrogens is 386 g/mol. The van der Waals surface area contributed by atoms with Gasteiger partial charge in [0.25, 0.3) is 0 Å². The van der Waals surface area contributed by atoms with Gasteiger partial charge in [-0.3, -0.25) is 0 Å². The van der Waals surface area contributed by atoms with Gasteiger partial charge in [-0.15, -0.1) is 0 Å². The predicted octanol–water partition coefficient (Wildman–Crippen LogP) is 2.93. The van der Waals surface area contributed by atoms with Crippen molar-refractivity contribution in [1.82, 2.24) is 0 Å². The van der Waals surface area contributed by atoms with Crippen LogP contribution in [0.4, 0.5) is 0 Å². The summed E-state index contributed by atoms with van der Waals surface area (Å²) in [7, 11) is 0. The van der Waals surface area contributed by atoms with Crippen LogP contribution in [0.15, 0.2) is 5.16 Å². The van der Waals surface area contributed by atoms with Crippen LogP contribution in [0.3, 0.4) is 0 Å². The van der Waals surface area contributed by atoms with Crippen molar-refractivity contribution in [3.63, 3.8) is 0 Å². The minimum absolute atomic E-state index is 0.00847. The van der Waals surface area contributed by atoms with Crippen LogP contribution in [0.1, 0.15) is 58.8 Å². The van der Waals surface area contributed by atoms with E-state index in [2.05, 4.69) is 19.0 Å². The van der Waals surface area contributed by atoms with E-state index in [9.17, 15) is 10.3 Å². The first kappa shape index (κ1) is 19.9. The van der Waals surface area contributed by atoms with Crippen LogP contribution in [0.25, 0.3) is 0 Å². The number of oxime groups is 1. The van der Waals surface area contributed by atoms with Crippen molar-refractivity contribution < 1.29 is 29.3 Å². The summed E-state index contributed by atoms with van der Waals surface area (Å²) < 4.78 is 25.5. The van der Waals surface area contributed by atoms with Gasteiger partial charge in [-0.1, -0.05) is 31.8 Å². The quantitative estimate of drug-likeness (QED) is 0.462. The van der Waals surface area contributed by atoms with Gasteiger partial charge in [-0.05, 0) is 48.9 Å². The van der Waals surface area contributed by atoms with Crippen LogP contribution in [-0.2, 0) is 18.9 Å². The van der Waals surface area contributed by atoms with Gasteiger partial charge in [-0.2, -0.15) is 0 Å². The first-order valence-corrected chi connectivity index (χ1v) is 11.9. The molecule has 6 aliphatic rings. The fraction of sp³-hybridized carbons (Fsp3) is 0.957. The summed E-state index contributed by atoms with van der Waals surface area (Å²) in [6.45, 7) is 6.60. The summed E-state index contributed by atoms with van der Waals surface area (Å²) >= 11 is 0. The Morgan fingerprint density at radius 3 is 2.30 bits per heavy atom. The molecule has 0 aromatic rings. The molecule has 0 aromatic carbocycles. The lowest BCUT2D eigenvalue weighted by Crippen LogP contribution is -2.70. The summed E-state index contributed by atoms with van der Waals surface area (Å²) in [6.07, 6.45) is 6.38. The van der Waals surface area contributed by atoms with Crippen LogP contribution < -0.4 is 0 Å². The molecule has 2 aliphatic heterocycles. The zero-order chi connectivity index (χ0) is 20.8. The maximum absolute atomic E-state index is 11.6. The first-order chi connectivity index (χ1) is 14.4. The van der Waals surface area contributed by atoms with Crippen LogP contribution in [0.2, 0.25) is 0 Å². The van der Waals surface area contributed by atoms with Crippen molar-refractivity contribution in [3.05, 3.63) is 0 Å². The number of hydrogen-bond acceptors (Lipinski definition) is 7. The smallest absolute Gasteiger partial charge is 0.229 e. The molecule has 6 rings (SSSR count). The van der Waals surface area contributed by atoms with Crippen LogP contribution in [0.5, 0.6) is 0 Å². The van der Waals surface area contributed by atoms with E-state index < -0.39 is 17.7 Å². The molecule has 4 aliphatic carbocycles. The summed E-state index contributed by atoms with van der Waals surface area (Å²) in [6, 6.07) is 0. The van der Waals surface area contributed by atoms with E-state index in [-0.39, 0.29) is 28.6 Å². The Hall–Kier alpha value is -0.730. The molecule has 30 heavy (non-hydrogen) atoms. The molecule has 0 spiro atoms. The number of rotatable bonds is 0. The normalized spacial score (nSPS) is 58.9. The second kappa shape index (κ2) is 6.41. The summed E-state index contributed by atoms with van der Waals surface area (Å²) in [5.74, 6) is -1.18. The van der Waals surface area contributed by atoms with Gasteiger partial charge in [-0.25, -0.2) is 0 Å². The lowest BCUT2D eigenvalue weighted by Gasteiger charge is -2.62. The molecule has 0 bridgehead atoms. The van der Waals surface area contributed by atoms with E-state index in [1.54, 1.807) is 0 Å². The molecule has 1 unspecified atom stereocenters. The number of aliphatic hydroxyl groups is 1. The van der Waals surface area contributed by atoms with Crippen molar-refractivity contribution in [3.8, 4) is 0 Å². The van der Waals surface area contributed by atoms with Gasteiger partial charge in [0.15, 0.2) is 0 Å². The summed E-state index contributed by atoms with van der Waals surface area (Å²) in [5.41, 5.74) is 0.330. The Bertz CT molecular complexity index is 744. The van der Waals surface area contributed by atoms with Crippen molar-refractivity contribution in [2.45, 2.75) is 76.5 Å². The van der Waals surface area contributed by atoms with E-state index in [1.807, 2.05) is 0 Å². The number of fused-ring (bicyclic) bond motifs is 5. The Balaban J connectivity index is 1.47. The molecule has 7 atom stereocenters.